The summed E-state index contributed by atoms with van der Waals surface area (Å²) in [6, 6.07) is 17.6. The van der Waals surface area contributed by atoms with Gasteiger partial charge in [0.05, 0.1) is 22.8 Å². The lowest BCUT2D eigenvalue weighted by atomic mass is 9.50. The zero-order chi connectivity index (χ0) is 25.6. The van der Waals surface area contributed by atoms with Crippen LogP contribution in [0.25, 0.3) is 0 Å². The molecule has 0 atom stereocenters. The quantitative estimate of drug-likeness (QED) is 0.324. The van der Waals surface area contributed by atoms with E-state index in [0.717, 1.165) is 54.4 Å². The largest absolute Gasteiger partial charge is 0.192 e. The van der Waals surface area contributed by atoms with Crippen molar-refractivity contribution in [3.63, 3.8) is 0 Å². The van der Waals surface area contributed by atoms with E-state index in [1.165, 1.54) is 50.5 Å². The second kappa shape index (κ2) is 11.3. The predicted molar refractivity (Wildman–Crippen MR) is 144 cm³/mol. The second-order valence-corrected chi connectivity index (χ2v) is 11.3. The summed E-state index contributed by atoms with van der Waals surface area (Å²) in [6.07, 6.45) is 15.9. The van der Waals surface area contributed by atoms with Gasteiger partial charge in [-0.3, -0.25) is 0 Å². The van der Waals surface area contributed by atoms with Crippen molar-refractivity contribution in [3.8, 4) is 18.2 Å². The molecule has 0 aromatic heterocycles. The molecule has 5 rings (SSSR count). The molecule has 0 heterocycles. The van der Waals surface area contributed by atoms with Crippen LogP contribution >= 0.6 is 0 Å². The van der Waals surface area contributed by atoms with Gasteiger partial charge in [0, 0.05) is 0 Å². The molecule has 3 heteroatoms. The Balaban J connectivity index is 1.55. The molecule has 0 radical (unpaired) electrons. The molecule has 3 nitrogen and oxygen atoms in total. The van der Waals surface area contributed by atoms with Crippen LogP contribution in [0.3, 0.4) is 0 Å². The molecule has 3 fully saturated rings. The predicted octanol–water partition coefficient (Wildman–Crippen LogP) is 8.21. The van der Waals surface area contributed by atoms with E-state index in [-0.39, 0.29) is 5.41 Å². The van der Waals surface area contributed by atoms with E-state index in [0.29, 0.717) is 29.4 Å². The maximum absolute atomic E-state index is 10.2. The van der Waals surface area contributed by atoms with Crippen LogP contribution in [-0.2, 0) is 24.7 Å². The van der Waals surface area contributed by atoms with Gasteiger partial charge in [-0.05, 0) is 103 Å². The average Bonchev–Trinajstić information content (AvgIpc) is 2.92. The third kappa shape index (κ3) is 5.06. The first kappa shape index (κ1) is 26.0. The lowest BCUT2D eigenvalue weighted by Gasteiger charge is -2.54. The summed E-state index contributed by atoms with van der Waals surface area (Å²) >= 11 is 0. The molecule has 0 saturated heterocycles. The van der Waals surface area contributed by atoms with Crippen molar-refractivity contribution in [2.75, 3.05) is 0 Å². The summed E-state index contributed by atoms with van der Waals surface area (Å²) in [7, 11) is 0. The third-order valence-corrected chi connectivity index (χ3v) is 9.30. The number of nitrogens with zero attached hydrogens (tertiary/aromatic N) is 3. The van der Waals surface area contributed by atoms with Crippen LogP contribution in [0.4, 0.5) is 0 Å². The fourth-order valence-corrected chi connectivity index (χ4v) is 6.99. The van der Waals surface area contributed by atoms with E-state index in [1.807, 2.05) is 6.07 Å². The molecule has 3 saturated carbocycles. The summed E-state index contributed by atoms with van der Waals surface area (Å²) in [6.45, 7) is 4.42. The van der Waals surface area contributed by atoms with Crippen molar-refractivity contribution in [1.29, 1.82) is 15.8 Å². The maximum Gasteiger partial charge on any atom is 0.101 e. The third-order valence-electron chi connectivity index (χ3n) is 9.30. The second-order valence-electron chi connectivity index (χ2n) is 11.3. The minimum absolute atomic E-state index is 0.0603. The molecule has 0 unspecified atom stereocenters. The van der Waals surface area contributed by atoms with Gasteiger partial charge in [0.25, 0.3) is 0 Å². The van der Waals surface area contributed by atoms with E-state index in [2.05, 4.69) is 56.3 Å². The SMILES string of the molecule is CCCCCC12CCC(c3ccc(CCc4ccc(CCC)cc4C#N)c(C#N)c3C#N)(CC1)CC2. The Bertz CT molecular complexity index is 1190. The number of benzene rings is 2. The van der Waals surface area contributed by atoms with Gasteiger partial charge in [0.1, 0.15) is 12.1 Å². The minimum Gasteiger partial charge on any atom is -0.192 e. The van der Waals surface area contributed by atoms with Crippen molar-refractivity contribution in [3.05, 3.63) is 69.3 Å². The van der Waals surface area contributed by atoms with Gasteiger partial charge in [-0.15, -0.1) is 0 Å². The Morgan fingerprint density at radius 3 is 1.97 bits per heavy atom. The topological polar surface area (TPSA) is 71.4 Å². The Hall–Kier alpha value is -3.09. The summed E-state index contributed by atoms with van der Waals surface area (Å²) in [5, 5.41) is 30.0. The summed E-state index contributed by atoms with van der Waals surface area (Å²) in [5.74, 6) is 0. The number of hydrogen-bond acceptors (Lipinski definition) is 3. The molecule has 3 aliphatic carbocycles. The Morgan fingerprint density at radius 2 is 1.36 bits per heavy atom. The fourth-order valence-electron chi connectivity index (χ4n) is 6.99. The summed E-state index contributed by atoms with van der Waals surface area (Å²) in [5.41, 5.74) is 6.72. The Kier molecular flexibility index (Phi) is 8.17. The van der Waals surface area contributed by atoms with E-state index in [1.54, 1.807) is 0 Å². The van der Waals surface area contributed by atoms with Crippen LogP contribution in [0.1, 0.15) is 123 Å². The van der Waals surface area contributed by atoms with Gasteiger partial charge < -0.3 is 0 Å². The van der Waals surface area contributed by atoms with Crippen LogP contribution < -0.4 is 0 Å². The van der Waals surface area contributed by atoms with E-state index in [9.17, 15) is 15.8 Å². The van der Waals surface area contributed by atoms with Gasteiger partial charge in [-0.2, -0.15) is 15.8 Å². The number of rotatable bonds is 10. The summed E-state index contributed by atoms with van der Waals surface area (Å²) < 4.78 is 0. The van der Waals surface area contributed by atoms with Gasteiger partial charge in [0.15, 0.2) is 0 Å². The van der Waals surface area contributed by atoms with Crippen molar-refractivity contribution in [2.45, 2.75) is 109 Å². The molecular weight excluding hydrogens is 438 g/mol. The van der Waals surface area contributed by atoms with Gasteiger partial charge in [0.2, 0.25) is 0 Å². The lowest BCUT2D eigenvalue weighted by molar-refractivity contribution is 0.0304. The zero-order valence-corrected chi connectivity index (χ0v) is 22.1. The minimum atomic E-state index is 0.0603. The van der Waals surface area contributed by atoms with Crippen LogP contribution in [0.15, 0.2) is 30.3 Å². The highest BCUT2D eigenvalue weighted by atomic mass is 14.5. The van der Waals surface area contributed by atoms with Crippen LogP contribution in [-0.4, -0.2) is 0 Å². The molecule has 3 aliphatic rings. The Labute approximate surface area is 217 Å². The first-order chi connectivity index (χ1) is 17.5. The molecule has 2 bridgehead atoms. The van der Waals surface area contributed by atoms with Gasteiger partial charge >= 0.3 is 0 Å². The van der Waals surface area contributed by atoms with Gasteiger partial charge in [-0.25, -0.2) is 0 Å². The van der Waals surface area contributed by atoms with E-state index in [4.69, 9.17) is 0 Å². The molecule has 2 aromatic rings. The Morgan fingerprint density at radius 1 is 0.694 bits per heavy atom. The van der Waals surface area contributed by atoms with Crippen LogP contribution in [0.2, 0.25) is 0 Å². The van der Waals surface area contributed by atoms with Crippen molar-refractivity contribution >= 4 is 0 Å². The van der Waals surface area contributed by atoms with Crippen molar-refractivity contribution < 1.29 is 0 Å². The number of unbranched alkanes of at least 4 members (excludes halogenated alkanes) is 2. The van der Waals surface area contributed by atoms with E-state index >= 15 is 0 Å². The first-order valence-corrected chi connectivity index (χ1v) is 14.0. The monoisotopic (exact) mass is 477 g/mol. The number of hydrogen-bond donors (Lipinski definition) is 0. The smallest absolute Gasteiger partial charge is 0.101 e. The van der Waals surface area contributed by atoms with Gasteiger partial charge in [-0.1, -0.05) is 63.8 Å². The standard InChI is InChI=1S/C33H39N3/c1-3-5-6-14-32-15-18-33(19-16-32,20-17-32)31-13-12-27(29(23-35)30(31)24-36)11-10-26-9-8-25(7-4-2)21-28(26)22-34/h8-9,12-13,21H,3-7,10-11,14-20H2,1-2H3. The highest BCUT2D eigenvalue weighted by Gasteiger charge is 2.49. The molecule has 2 aromatic carbocycles. The number of aryl methyl sites for hydroxylation is 3. The average molecular weight is 478 g/mol. The normalized spacial score (nSPS) is 22.5. The number of fused-ring (bicyclic) bond motifs is 3. The molecule has 36 heavy (non-hydrogen) atoms. The molecule has 0 spiro atoms. The zero-order valence-electron chi connectivity index (χ0n) is 22.1. The van der Waals surface area contributed by atoms with Crippen molar-refractivity contribution in [1.82, 2.24) is 0 Å². The maximum atomic E-state index is 10.2. The molecular formula is C33H39N3. The lowest BCUT2D eigenvalue weighted by Crippen LogP contribution is -2.44. The molecule has 0 amide bonds. The van der Waals surface area contributed by atoms with Crippen LogP contribution in [0, 0.1) is 39.4 Å². The molecule has 186 valence electrons. The molecule has 0 aliphatic heterocycles. The highest BCUT2D eigenvalue weighted by molar-refractivity contribution is 5.57. The first-order valence-electron chi connectivity index (χ1n) is 14.0. The number of nitriles is 3. The fraction of sp³-hybridized carbons (Fsp3) is 0.545. The summed E-state index contributed by atoms with van der Waals surface area (Å²) in [4.78, 5) is 0. The van der Waals surface area contributed by atoms with E-state index < -0.39 is 0 Å². The van der Waals surface area contributed by atoms with Crippen molar-refractivity contribution in [2.24, 2.45) is 5.41 Å². The molecule has 0 N–H and O–H groups in total. The van der Waals surface area contributed by atoms with Crippen LogP contribution in [0.5, 0.6) is 0 Å². The highest BCUT2D eigenvalue weighted by Crippen LogP contribution is 2.60.